The highest BCUT2D eigenvalue weighted by molar-refractivity contribution is 6.29. The summed E-state index contributed by atoms with van der Waals surface area (Å²) in [6.07, 6.45) is 0.947. The van der Waals surface area contributed by atoms with Crippen LogP contribution in [-0.2, 0) is 0 Å². The first-order valence-electron chi connectivity index (χ1n) is 6.68. The number of benzene rings is 1. The molecule has 1 aromatic heterocycles. The SMILES string of the molecule is CCC(Nc1ccc(Cl)nc1C)c1ccccc1OC. The molecule has 1 N–H and O–H groups in total. The predicted molar refractivity (Wildman–Crippen MR) is 83.6 cm³/mol. The van der Waals surface area contributed by atoms with Crippen LogP contribution in [0.4, 0.5) is 5.69 Å². The van der Waals surface area contributed by atoms with Crippen LogP contribution in [0.25, 0.3) is 0 Å². The predicted octanol–water partition coefficient (Wildman–Crippen LogP) is 4.62. The fourth-order valence-corrected chi connectivity index (χ4v) is 2.41. The van der Waals surface area contributed by atoms with Gasteiger partial charge in [-0.2, -0.15) is 0 Å². The van der Waals surface area contributed by atoms with Gasteiger partial charge < -0.3 is 10.1 Å². The van der Waals surface area contributed by atoms with Crippen molar-refractivity contribution in [2.24, 2.45) is 0 Å². The number of ether oxygens (including phenoxy) is 1. The Bertz CT molecular complexity index is 586. The first kappa shape index (κ1) is 14.7. The number of aryl methyl sites for hydroxylation is 1. The molecule has 1 heterocycles. The number of hydrogen-bond donors (Lipinski definition) is 1. The molecule has 0 saturated carbocycles. The van der Waals surface area contributed by atoms with Crippen LogP contribution >= 0.6 is 11.6 Å². The highest BCUT2D eigenvalue weighted by Crippen LogP contribution is 2.30. The van der Waals surface area contributed by atoms with E-state index in [4.69, 9.17) is 16.3 Å². The van der Waals surface area contributed by atoms with Gasteiger partial charge in [0, 0.05) is 5.56 Å². The molecule has 2 rings (SSSR count). The van der Waals surface area contributed by atoms with Crippen molar-refractivity contribution >= 4 is 17.3 Å². The molecule has 4 heteroatoms. The molecule has 0 spiro atoms. The van der Waals surface area contributed by atoms with E-state index in [-0.39, 0.29) is 6.04 Å². The van der Waals surface area contributed by atoms with Crippen molar-refractivity contribution < 1.29 is 4.74 Å². The van der Waals surface area contributed by atoms with Gasteiger partial charge in [-0.15, -0.1) is 0 Å². The topological polar surface area (TPSA) is 34.2 Å². The Morgan fingerprint density at radius 1 is 1.25 bits per heavy atom. The van der Waals surface area contributed by atoms with Crippen molar-refractivity contribution in [3.63, 3.8) is 0 Å². The van der Waals surface area contributed by atoms with Gasteiger partial charge >= 0.3 is 0 Å². The Kier molecular flexibility index (Phi) is 4.85. The Hall–Kier alpha value is -1.74. The number of anilines is 1. The third-order valence-electron chi connectivity index (χ3n) is 3.30. The van der Waals surface area contributed by atoms with Crippen LogP contribution < -0.4 is 10.1 Å². The van der Waals surface area contributed by atoms with Crippen molar-refractivity contribution in [1.29, 1.82) is 0 Å². The number of hydrogen-bond acceptors (Lipinski definition) is 3. The fourth-order valence-electron chi connectivity index (χ4n) is 2.22. The summed E-state index contributed by atoms with van der Waals surface area (Å²) in [5.41, 5.74) is 3.03. The Balaban J connectivity index is 2.29. The van der Waals surface area contributed by atoms with Gasteiger partial charge in [0.2, 0.25) is 0 Å². The van der Waals surface area contributed by atoms with Crippen LogP contribution in [0.5, 0.6) is 5.75 Å². The average molecular weight is 291 g/mol. The van der Waals surface area contributed by atoms with Gasteiger partial charge in [0.15, 0.2) is 0 Å². The van der Waals surface area contributed by atoms with Crippen LogP contribution in [-0.4, -0.2) is 12.1 Å². The zero-order valence-electron chi connectivity index (χ0n) is 12.0. The highest BCUT2D eigenvalue weighted by Gasteiger charge is 2.15. The number of nitrogens with zero attached hydrogens (tertiary/aromatic N) is 1. The van der Waals surface area contributed by atoms with E-state index in [2.05, 4.69) is 23.3 Å². The van der Waals surface area contributed by atoms with Gasteiger partial charge in [0.1, 0.15) is 10.9 Å². The molecule has 0 aliphatic heterocycles. The smallest absolute Gasteiger partial charge is 0.129 e. The van der Waals surface area contributed by atoms with Crippen molar-refractivity contribution in [2.75, 3.05) is 12.4 Å². The molecule has 0 fully saturated rings. The number of nitrogens with one attached hydrogen (secondary N) is 1. The van der Waals surface area contributed by atoms with E-state index in [1.54, 1.807) is 13.2 Å². The van der Waals surface area contributed by atoms with Gasteiger partial charge in [-0.25, -0.2) is 4.98 Å². The molecule has 3 nitrogen and oxygen atoms in total. The second-order valence-corrected chi connectivity index (χ2v) is 5.00. The molecule has 0 aliphatic rings. The van der Waals surface area contributed by atoms with Crippen LogP contribution in [0, 0.1) is 6.92 Å². The van der Waals surface area contributed by atoms with Crippen molar-refractivity contribution in [3.05, 3.63) is 52.8 Å². The van der Waals surface area contributed by atoms with Gasteiger partial charge in [-0.3, -0.25) is 0 Å². The number of pyridine rings is 1. The molecule has 0 amide bonds. The minimum atomic E-state index is 0.174. The number of halogens is 1. The maximum Gasteiger partial charge on any atom is 0.129 e. The van der Waals surface area contributed by atoms with E-state index in [0.717, 1.165) is 29.1 Å². The summed E-state index contributed by atoms with van der Waals surface area (Å²) in [4.78, 5) is 4.27. The minimum absolute atomic E-state index is 0.174. The van der Waals surface area contributed by atoms with E-state index in [0.29, 0.717) is 5.15 Å². The van der Waals surface area contributed by atoms with Crippen molar-refractivity contribution in [3.8, 4) is 5.75 Å². The second kappa shape index (κ2) is 6.62. The van der Waals surface area contributed by atoms with Gasteiger partial charge in [0.05, 0.1) is 24.5 Å². The van der Waals surface area contributed by atoms with Crippen LogP contribution in [0.15, 0.2) is 36.4 Å². The second-order valence-electron chi connectivity index (χ2n) is 4.61. The van der Waals surface area contributed by atoms with Crippen molar-refractivity contribution in [1.82, 2.24) is 4.98 Å². The largest absolute Gasteiger partial charge is 0.496 e. The molecule has 2 aromatic rings. The third-order valence-corrected chi connectivity index (χ3v) is 3.51. The molecule has 1 unspecified atom stereocenters. The summed E-state index contributed by atoms with van der Waals surface area (Å²) in [6, 6.07) is 12.0. The van der Waals surface area contributed by atoms with Gasteiger partial charge in [-0.1, -0.05) is 36.7 Å². The maximum absolute atomic E-state index is 5.89. The monoisotopic (exact) mass is 290 g/mol. The van der Waals surface area contributed by atoms with E-state index in [1.807, 2.05) is 31.2 Å². The lowest BCUT2D eigenvalue weighted by molar-refractivity contribution is 0.406. The fraction of sp³-hybridized carbons (Fsp3) is 0.312. The summed E-state index contributed by atoms with van der Waals surface area (Å²) in [7, 11) is 1.70. The van der Waals surface area contributed by atoms with Crippen LogP contribution in [0.2, 0.25) is 5.15 Å². The maximum atomic E-state index is 5.89. The molecule has 0 radical (unpaired) electrons. The molecule has 1 atom stereocenters. The number of rotatable bonds is 5. The summed E-state index contributed by atoms with van der Waals surface area (Å²) < 4.78 is 5.44. The average Bonchev–Trinajstić information content (AvgIpc) is 2.46. The zero-order chi connectivity index (χ0) is 14.5. The van der Waals surface area contributed by atoms with Crippen LogP contribution in [0.1, 0.15) is 30.6 Å². The van der Waals surface area contributed by atoms with E-state index < -0.39 is 0 Å². The van der Waals surface area contributed by atoms with E-state index in [9.17, 15) is 0 Å². The molecule has 106 valence electrons. The number of methoxy groups -OCH3 is 1. The van der Waals surface area contributed by atoms with Gasteiger partial charge in [0.25, 0.3) is 0 Å². The van der Waals surface area contributed by atoms with Crippen molar-refractivity contribution in [2.45, 2.75) is 26.3 Å². The molecule has 1 aromatic carbocycles. The third kappa shape index (κ3) is 3.23. The zero-order valence-corrected chi connectivity index (χ0v) is 12.7. The Morgan fingerprint density at radius 3 is 2.65 bits per heavy atom. The van der Waals surface area contributed by atoms with E-state index in [1.165, 1.54) is 0 Å². The number of para-hydroxylation sites is 1. The first-order chi connectivity index (χ1) is 9.65. The van der Waals surface area contributed by atoms with E-state index >= 15 is 0 Å². The Morgan fingerprint density at radius 2 is 2.00 bits per heavy atom. The molecule has 0 aliphatic carbocycles. The van der Waals surface area contributed by atoms with Crippen LogP contribution in [0.3, 0.4) is 0 Å². The summed E-state index contributed by atoms with van der Waals surface area (Å²) in [5, 5.41) is 4.03. The normalized spacial score (nSPS) is 12.0. The lowest BCUT2D eigenvalue weighted by Gasteiger charge is -2.21. The Labute approximate surface area is 124 Å². The molecule has 0 bridgehead atoms. The summed E-state index contributed by atoms with van der Waals surface area (Å²) in [5.74, 6) is 0.895. The lowest BCUT2D eigenvalue weighted by Crippen LogP contribution is -2.12. The standard InChI is InChI=1S/C16H19ClN2O/c1-4-13(12-7-5-6-8-15(12)20-3)19-14-9-10-16(17)18-11(14)2/h5-10,13,19H,4H2,1-3H3. The quantitative estimate of drug-likeness (QED) is 0.816. The molecule has 0 saturated heterocycles. The molecular weight excluding hydrogens is 272 g/mol. The molecule has 20 heavy (non-hydrogen) atoms. The number of aromatic nitrogens is 1. The highest BCUT2D eigenvalue weighted by atomic mass is 35.5. The minimum Gasteiger partial charge on any atom is -0.496 e. The van der Waals surface area contributed by atoms with Gasteiger partial charge in [-0.05, 0) is 31.5 Å². The summed E-state index contributed by atoms with van der Waals surface area (Å²) in [6.45, 7) is 4.09. The first-order valence-corrected chi connectivity index (χ1v) is 7.06. The lowest BCUT2D eigenvalue weighted by atomic mass is 10.0. The summed E-state index contributed by atoms with van der Waals surface area (Å²) >= 11 is 5.89. The molecular formula is C16H19ClN2O.